The van der Waals surface area contributed by atoms with Gasteiger partial charge in [-0.15, -0.1) is 0 Å². The summed E-state index contributed by atoms with van der Waals surface area (Å²) in [7, 11) is 1.62. The molecule has 1 saturated heterocycles. The number of nitrogens with one attached hydrogen (secondary N) is 1. The number of aryl methyl sites for hydroxylation is 1. The van der Waals surface area contributed by atoms with E-state index in [2.05, 4.69) is 31.2 Å². The van der Waals surface area contributed by atoms with Crippen molar-refractivity contribution >= 4 is 11.7 Å². The molecule has 0 spiro atoms. The number of rotatable bonds is 4. The molecule has 3 heterocycles. The fraction of sp³-hybridized carbons (Fsp3) is 0.444. The van der Waals surface area contributed by atoms with Gasteiger partial charge in [0.15, 0.2) is 0 Å². The van der Waals surface area contributed by atoms with Crippen LogP contribution in [0, 0.1) is 12.8 Å². The molecule has 2 aromatic rings. The molecule has 0 radical (unpaired) electrons. The standard InChI is InChI=1S/C18H23N5O/c1-13-21-15(11-16(22-13)18(24)19-2)10-14-6-5-9-23(12-14)17-7-3-4-8-20-17/h3-4,7-8,11,14H,5-6,9-10,12H2,1-2H3,(H,19,24). The van der Waals surface area contributed by atoms with Crippen LogP contribution in [0.2, 0.25) is 0 Å². The summed E-state index contributed by atoms with van der Waals surface area (Å²) < 4.78 is 0. The van der Waals surface area contributed by atoms with E-state index in [9.17, 15) is 4.79 Å². The molecular formula is C18H23N5O. The minimum atomic E-state index is -0.166. The highest BCUT2D eigenvalue weighted by Crippen LogP contribution is 2.24. The molecule has 6 heteroatoms. The maximum absolute atomic E-state index is 11.8. The average Bonchev–Trinajstić information content (AvgIpc) is 2.61. The molecule has 0 aromatic carbocycles. The molecular weight excluding hydrogens is 302 g/mol. The second-order valence-electron chi connectivity index (χ2n) is 6.22. The van der Waals surface area contributed by atoms with Gasteiger partial charge in [0.05, 0.1) is 0 Å². The number of carbonyl (C=O) groups excluding carboxylic acids is 1. The van der Waals surface area contributed by atoms with E-state index in [1.807, 2.05) is 31.3 Å². The van der Waals surface area contributed by atoms with Gasteiger partial charge in [-0.2, -0.15) is 0 Å². The third-order valence-electron chi connectivity index (χ3n) is 4.34. The van der Waals surface area contributed by atoms with E-state index in [0.717, 1.165) is 37.4 Å². The first kappa shape index (κ1) is 16.4. The van der Waals surface area contributed by atoms with Crippen molar-refractivity contribution in [2.24, 2.45) is 5.92 Å². The van der Waals surface area contributed by atoms with Crippen LogP contribution in [0.25, 0.3) is 0 Å². The van der Waals surface area contributed by atoms with E-state index < -0.39 is 0 Å². The fourth-order valence-corrected chi connectivity index (χ4v) is 3.25. The zero-order chi connectivity index (χ0) is 16.9. The van der Waals surface area contributed by atoms with E-state index in [0.29, 0.717) is 17.4 Å². The second kappa shape index (κ2) is 7.38. The molecule has 24 heavy (non-hydrogen) atoms. The Hall–Kier alpha value is -2.50. The molecule has 1 amide bonds. The molecule has 1 fully saturated rings. The Labute approximate surface area is 142 Å². The van der Waals surface area contributed by atoms with Crippen LogP contribution in [-0.2, 0) is 6.42 Å². The van der Waals surface area contributed by atoms with Crippen LogP contribution < -0.4 is 10.2 Å². The van der Waals surface area contributed by atoms with Gasteiger partial charge in [-0.1, -0.05) is 6.07 Å². The van der Waals surface area contributed by atoms with Crippen LogP contribution in [0.1, 0.15) is 34.8 Å². The molecule has 1 N–H and O–H groups in total. The number of nitrogens with zero attached hydrogens (tertiary/aromatic N) is 4. The van der Waals surface area contributed by atoms with E-state index >= 15 is 0 Å². The number of piperidine rings is 1. The Kier molecular flexibility index (Phi) is 5.03. The van der Waals surface area contributed by atoms with Gasteiger partial charge >= 0.3 is 0 Å². The van der Waals surface area contributed by atoms with Gasteiger partial charge in [0.25, 0.3) is 5.91 Å². The molecule has 1 unspecified atom stereocenters. The highest BCUT2D eigenvalue weighted by atomic mass is 16.1. The maximum atomic E-state index is 11.8. The molecule has 1 aliphatic heterocycles. The number of anilines is 1. The minimum absolute atomic E-state index is 0.166. The van der Waals surface area contributed by atoms with Gasteiger partial charge in [-0.05, 0) is 50.3 Å². The van der Waals surface area contributed by atoms with Crippen LogP contribution in [0.15, 0.2) is 30.5 Å². The van der Waals surface area contributed by atoms with Gasteiger partial charge < -0.3 is 10.2 Å². The highest BCUT2D eigenvalue weighted by molar-refractivity contribution is 5.92. The molecule has 1 atom stereocenters. The Morgan fingerprint density at radius 3 is 3.00 bits per heavy atom. The Balaban J connectivity index is 1.71. The molecule has 0 saturated carbocycles. The molecule has 0 aliphatic carbocycles. The third kappa shape index (κ3) is 3.88. The molecule has 1 aliphatic rings. The van der Waals surface area contributed by atoms with Gasteiger partial charge in [0.1, 0.15) is 17.3 Å². The first-order valence-electron chi connectivity index (χ1n) is 8.38. The Morgan fingerprint density at radius 2 is 2.25 bits per heavy atom. The van der Waals surface area contributed by atoms with Crippen molar-refractivity contribution in [3.05, 3.63) is 47.7 Å². The highest BCUT2D eigenvalue weighted by Gasteiger charge is 2.22. The predicted octanol–water partition coefficient (Wildman–Crippen LogP) is 2.00. The third-order valence-corrected chi connectivity index (χ3v) is 4.34. The topological polar surface area (TPSA) is 71.0 Å². The lowest BCUT2D eigenvalue weighted by Gasteiger charge is -2.33. The summed E-state index contributed by atoms with van der Waals surface area (Å²) >= 11 is 0. The predicted molar refractivity (Wildman–Crippen MR) is 93.0 cm³/mol. The molecule has 126 valence electrons. The van der Waals surface area contributed by atoms with Crippen LogP contribution >= 0.6 is 0 Å². The lowest BCUT2D eigenvalue weighted by molar-refractivity contribution is 0.0957. The van der Waals surface area contributed by atoms with Crippen LogP contribution in [0.3, 0.4) is 0 Å². The first-order chi connectivity index (χ1) is 11.7. The summed E-state index contributed by atoms with van der Waals surface area (Å²) in [6, 6.07) is 7.83. The fourth-order valence-electron chi connectivity index (χ4n) is 3.25. The maximum Gasteiger partial charge on any atom is 0.269 e. The zero-order valence-corrected chi connectivity index (χ0v) is 14.2. The summed E-state index contributed by atoms with van der Waals surface area (Å²) in [5, 5.41) is 2.62. The monoisotopic (exact) mass is 325 g/mol. The lowest BCUT2D eigenvalue weighted by atomic mass is 9.93. The van der Waals surface area contributed by atoms with Crippen molar-refractivity contribution < 1.29 is 4.79 Å². The number of hydrogen-bond donors (Lipinski definition) is 1. The van der Waals surface area contributed by atoms with Gasteiger partial charge in [-0.25, -0.2) is 15.0 Å². The summed E-state index contributed by atoms with van der Waals surface area (Å²) in [6.07, 6.45) is 5.01. The number of aromatic nitrogens is 3. The lowest BCUT2D eigenvalue weighted by Crippen LogP contribution is -2.36. The van der Waals surface area contributed by atoms with E-state index in [1.165, 1.54) is 6.42 Å². The summed E-state index contributed by atoms with van der Waals surface area (Å²) in [5.41, 5.74) is 1.38. The van der Waals surface area contributed by atoms with Crippen molar-refractivity contribution in [3.8, 4) is 0 Å². The number of carbonyl (C=O) groups is 1. The largest absolute Gasteiger partial charge is 0.356 e. The molecule has 3 rings (SSSR count). The summed E-state index contributed by atoms with van der Waals surface area (Å²) in [4.78, 5) is 27.4. The number of hydrogen-bond acceptors (Lipinski definition) is 5. The SMILES string of the molecule is CNC(=O)c1cc(CC2CCCN(c3ccccn3)C2)nc(C)n1. The normalized spacial score (nSPS) is 17.6. The van der Waals surface area contributed by atoms with Crippen LogP contribution in [0.4, 0.5) is 5.82 Å². The van der Waals surface area contributed by atoms with E-state index in [-0.39, 0.29) is 5.91 Å². The van der Waals surface area contributed by atoms with Crippen LogP contribution in [0.5, 0.6) is 0 Å². The molecule has 2 aromatic heterocycles. The Morgan fingerprint density at radius 1 is 1.38 bits per heavy atom. The Bertz CT molecular complexity index is 704. The smallest absolute Gasteiger partial charge is 0.269 e. The van der Waals surface area contributed by atoms with Gasteiger partial charge in [0, 0.05) is 32.0 Å². The quantitative estimate of drug-likeness (QED) is 0.931. The van der Waals surface area contributed by atoms with Gasteiger partial charge in [0.2, 0.25) is 0 Å². The molecule has 0 bridgehead atoms. The average molecular weight is 325 g/mol. The van der Waals surface area contributed by atoms with Crippen molar-refractivity contribution in [2.45, 2.75) is 26.2 Å². The zero-order valence-electron chi connectivity index (χ0n) is 14.2. The number of amides is 1. The summed E-state index contributed by atoms with van der Waals surface area (Å²) in [6.45, 7) is 3.84. The summed E-state index contributed by atoms with van der Waals surface area (Å²) in [5.74, 6) is 2.02. The van der Waals surface area contributed by atoms with Crippen LogP contribution in [-0.4, -0.2) is 41.0 Å². The van der Waals surface area contributed by atoms with Crippen molar-refractivity contribution in [1.82, 2.24) is 20.3 Å². The van der Waals surface area contributed by atoms with Crippen molar-refractivity contribution in [1.29, 1.82) is 0 Å². The van der Waals surface area contributed by atoms with Crippen molar-refractivity contribution in [2.75, 3.05) is 25.0 Å². The minimum Gasteiger partial charge on any atom is -0.356 e. The molecule has 6 nitrogen and oxygen atoms in total. The van der Waals surface area contributed by atoms with E-state index in [1.54, 1.807) is 7.05 Å². The van der Waals surface area contributed by atoms with Gasteiger partial charge in [-0.3, -0.25) is 4.79 Å². The first-order valence-corrected chi connectivity index (χ1v) is 8.38. The van der Waals surface area contributed by atoms with Crippen molar-refractivity contribution in [3.63, 3.8) is 0 Å². The van der Waals surface area contributed by atoms with E-state index in [4.69, 9.17) is 0 Å². The second-order valence-corrected chi connectivity index (χ2v) is 6.22. The number of pyridine rings is 1.